The SMILES string of the molecule is Cc1ccc(Oc2c(N)c(N)c(C)c(CC3CO3)c2CC2CO2)c(CC2CO2)c1CC1CO1. The Labute approximate surface area is 194 Å². The van der Waals surface area contributed by atoms with Crippen molar-refractivity contribution < 1.29 is 23.7 Å². The summed E-state index contributed by atoms with van der Waals surface area (Å²) in [6.45, 7) is 7.37. The average Bonchev–Trinajstić information content (AvgIpc) is 3.62. The third-order valence-corrected chi connectivity index (χ3v) is 7.20. The van der Waals surface area contributed by atoms with Gasteiger partial charge in [0.2, 0.25) is 0 Å². The van der Waals surface area contributed by atoms with Crippen LogP contribution in [0.25, 0.3) is 0 Å². The largest absolute Gasteiger partial charge is 0.455 e. The Bertz CT molecular complexity index is 1090. The van der Waals surface area contributed by atoms with Gasteiger partial charge in [-0.05, 0) is 42.2 Å². The van der Waals surface area contributed by atoms with Gasteiger partial charge < -0.3 is 35.2 Å². The third-order valence-electron chi connectivity index (χ3n) is 7.20. The monoisotopic (exact) mass is 452 g/mol. The van der Waals surface area contributed by atoms with Gasteiger partial charge in [-0.15, -0.1) is 0 Å². The summed E-state index contributed by atoms with van der Waals surface area (Å²) in [6, 6.07) is 4.18. The molecule has 4 unspecified atom stereocenters. The Morgan fingerprint density at radius 3 is 1.73 bits per heavy atom. The summed E-state index contributed by atoms with van der Waals surface area (Å²) in [7, 11) is 0. The molecule has 2 aromatic carbocycles. The molecule has 4 saturated heterocycles. The van der Waals surface area contributed by atoms with Crippen LogP contribution in [0.1, 0.15) is 33.4 Å². The van der Waals surface area contributed by atoms with Gasteiger partial charge in [-0.3, -0.25) is 0 Å². The van der Waals surface area contributed by atoms with E-state index in [2.05, 4.69) is 19.1 Å². The molecule has 0 aliphatic carbocycles. The van der Waals surface area contributed by atoms with E-state index >= 15 is 0 Å². The highest BCUT2D eigenvalue weighted by Crippen LogP contribution is 2.45. The Hall–Kier alpha value is -2.32. The molecule has 2 aromatic rings. The fourth-order valence-corrected chi connectivity index (χ4v) is 4.78. The van der Waals surface area contributed by atoms with Gasteiger partial charge in [-0.25, -0.2) is 0 Å². The maximum atomic E-state index is 6.71. The molecular formula is C26H32N2O5. The number of nitrogens with two attached hydrogens (primary N) is 2. The van der Waals surface area contributed by atoms with Crippen LogP contribution < -0.4 is 16.2 Å². The van der Waals surface area contributed by atoms with Crippen LogP contribution in [0.4, 0.5) is 11.4 Å². The Balaban J connectivity index is 1.43. The summed E-state index contributed by atoms with van der Waals surface area (Å²) in [6.07, 6.45) is 4.28. The molecule has 4 atom stereocenters. The number of rotatable bonds is 10. The van der Waals surface area contributed by atoms with Gasteiger partial charge in [0, 0.05) is 36.8 Å². The van der Waals surface area contributed by atoms with E-state index in [0.717, 1.165) is 69.0 Å². The first-order valence-corrected chi connectivity index (χ1v) is 11.9. The van der Waals surface area contributed by atoms with E-state index in [1.165, 1.54) is 22.3 Å². The van der Waals surface area contributed by atoms with Gasteiger partial charge in [0.15, 0.2) is 5.75 Å². The second-order valence-corrected chi connectivity index (χ2v) is 9.82. The van der Waals surface area contributed by atoms with Gasteiger partial charge in [-0.1, -0.05) is 6.07 Å². The van der Waals surface area contributed by atoms with Crippen molar-refractivity contribution in [1.29, 1.82) is 0 Å². The standard InChI is InChI=1S/C26H32N2O5/c1-13-3-4-23(21(7-17-11-31-17)19(13)5-15-9-29-15)33-26-22(8-18-12-32-18)20(6-16-10-30-16)14(2)24(27)25(26)28/h3-4,15-18H,5-12,27-28H2,1-2H3. The van der Waals surface area contributed by atoms with Crippen LogP contribution >= 0.6 is 0 Å². The third kappa shape index (κ3) is 4.55. The molecule has 0 aromatic heterocycles. The minimum absolute atomic E-state index is 0.202. The zero-order valence-electron chi connectivity index (χ0n) is 19.3. The van der Waals surface area contributed by atoms with Crippen LogP contribution in [0.3, 0.4) is 0 Å². The molecule has 33 heavy (non-hydrogen) atoms. The van der Waals surface area contributed by atoms with Crippen molar-refractivity contribution in [2.75, 3.05) is 37.9 Å². The van der Waals surface area contributed by atoms with E-state index in [1.54, 1.807) is 0 Å². The van der Waals surface area contributed by atoms with Crippen molar-refractivity contribution in [2.45, 2.75) is 63.9 Å². The van der Waals surface area contributed by atoms with E-state index in [1.807, 2.05) is 6.92 Å². The lowest BCUT2D eigenvalue weighted by Gasteiger charge is -2.23. The second kappa shape index (κ2) is 8.17. The molecule has 4 fully saturated rings. The number of aryl methyl sites for hydroxylation is 1. The van der Waals surface area contributed by atoms with Crippen molar-refractivity contribution in [3.63, 3.8) is 0 Å². The van der Waals surface area contributed by atoms with Crippen molar-refractivity contribution in [1.82, 2.24) is 0 Å². The predicted octanol–water partition coefficient (Wildman–Crippen LogP) is 3.03. The normalized spacial score (nSPS) is 26.8. The van der Waals surface area contributed by atoms with Gasteiger partial charge in [-0.2, -0.15) is 0 Å². The van der Waals surface area contributed by atoms with E-state index in [-0.39, 0.29) is 18.3 Å². The number of benzene rings is 2. The molecular weight excluding hydrogens is 420 g/mol. The molecule has 4 N–H and O–H groups in total. The van der Waals surface area contributed by atoms with Gasteiger partial charge >= 0.3 is 0 Å². The number of hydrogen-bond donors (Lipinski definition) is 2. The van der Waals surface area contributed by atoms with Gasteiger partial charge in [0.05, 0.1) is 62.2 Å². The van der Waals surface area contributed by atoms with Gasteiger partial charge in [0.25, 0.3) is 0 Å². The Morgan fingerprint density at radius 1 is 0.697 bits per heavy atom. The first-order valence-electron chi connectivity index (χ1n) is 11.9. The highest BCUT2D eigenvalue weighted by Gasteiger charge is 2.34. The number of hydrogen-bond acceptors (Lipinski definition) is 7. The first kappa shape index (κ1) is 21.2. The van der Waals surface area contributed by atoms with Crippen molar-refractivity contribution in [3.8, 4) is 11.5 Å². The topological polar surface area (TPSA) is 111 Å². The number of epoxide rings is 4. The second-order valence-electron chi connectivity index (χ2n) is 9.82. The first-order chi connectivity index (χ1) is 16.0. The van der Waals surface area contributed by atoms with Gasteiger partial charge in [0.1, 0.15) is 5.75 Å². The van der Waals surface area contributed by atoms with E-state index < -0.39 is 0 Å². The smallest absolute Gasteiger partial charge is 0.156 e. The van der Waals surface area contributed by atoms with Crippen LogP contribution in [0.15, 0.2) is 12.1 Å². The average molecular weight is 453 g/mol. The summed E-state index contributed by atoms with van der Waals surface area (Å²) < 4.78 is 29.0. The van der Waals surface area contributed by atoms with E-state index in [4.69, 9.17) is 35.2 Å². The zero-order valence-corrected chi connectivity index (χ0v) is 19.3. The van der Waals surface area contributed by atoms with Crippen molar-refractivity contribution >= 4 is 11.4 Å². The molecule has 6 rings (SSSR count). The summed E-state index contributed by atoms with van der Waals surface area (Å²) in [5.74, 6) is 1.49. The summed E-state index contributed by atoms with van der Waals surface area (Å²) >= 11 is 0. The summed E-state index contributed by atoms with van der Waals surface area (Å²) in [4.78, 5) is 0. The highest BCUT2D eigenvalue weighted by atomic mass is 16.6. The van der Waals surface area contributed by atoms with Crippen LogP contribution in [0.5, 0.6) is 11.5 Å². The number of nitrogen functional groups attached to an aromatic ring is 2. The minimum atomic E-state index is 0.202. The number of anilines is 2. The van der Waals surface area contributed by atoms with Crippen molar-refractivity contribution in [2.24, 2.45) is 0 Å². The maximum absolute atomic E-state index is 6.71. The lowest BCUT2D eigenvalue weighted by atomic mass is 9.91. The zero-order chi connectivity index (χ0) is 22.7. The molecule has 7 nitrogen and oxygen atoms in total. The molecule has 0 saturated carbocycles. The van der Waals surface area contributed by atoms with Crippen LogP contribution in [-0.4, -0.2) is 50.8 Å². The lowest BCUT2D eigenvalue weighted by molar-refractivity contribution is 0.392. The summed E-state index contributed by atoms with van der Waals surface area (Å²) in [5.41, 5.74) is 21.2. The predicted molar refractivity (Wildman–Crippen MR) is 125 cm³/mol. The fourth-order valence-electron chi connectivity index (χ4n) is 4.78. The fraction of sp³-hybridized carbons (Fsp3) is 0.538. The minimum Gasteiger partial charge on any atom is -0.455 e. The molecule has 0 spiro atoms. The van der Waals surface area contributed by atoms with Crippen LogP contribution in [0, 0.1) is 13.8 Å². The molecule has 0 amide bonds. The van der Waals surface area contributed by atoms with Crippen LogP contribution in [0.2, 0.25) is 0 Å². The van der Waals surface area contributed by atoms with E-state index in [0.29, 0.717) is 23.2 Å². The molecule has 0 radical (unpaired) electrons. The maximum Gasteiger partial charge on any atom is 0.156 e. The summed E-state index contributed by atoms with van der Waals surface area (Å²) in [5, 5.41) is 0. The highest BCUT2D eigenvalue weighted by molar-refractivity contribution is 5.79. The van der Waals surface area contributed by atoms with E-state index in [9.17, 15) is 0 Å². The molecule has 4 heterocycles. The molecule has 4 aliphatic rings. The molecule has 0 bridgehead atoms. The number of ether oxygens (including phenoxy) is 5. The van der Waals surface area contributed by atoms with Crippen molar-refractivity contribution in [3.05, 3.63) is 45.5 Å². The Morgan fingerprint density at radius 2 is 1.18 bits per heavy atom. The lowest BCUT2D eigenvalue weighted by Crippen LogP contribution is -2.13. The quantitative estimate of drug-likeness (QED) is 0.421. The van der Waals surface area contributed by atoms with Crippen LogP contribution in [-0.2, 0) is 44.6 Å². The Kier molecular flexibility index (Phi) is 5.25. The molecule has 4 aliphatic heterocycles. The molecule has 7 heteroatoms. The molecule has 176 valence electrons.